The van der Waals surface area contributed by atoms with Crippen LogP contribution in [0.15, 0.2) is 24.3 Å². The SMILES string of the molecule is CC(I)[Si]1(c2ccc(F)cc2)CCCCC1. The molecule has 0 saturated carbocycles. The number of hydrogen-bond acceptors (Lipinski definition) is 0. The number of benzene rings is 1. The lowest BCUT2D eigenvalue weighted by molar-refractivity contribution is 0.628. The Morgan fingerprint density at radius 1 is 1.12 bits per heavy atom. The molecule has 0 aromatic heterocycles. The molecule has 0 bridgehead atoms. The summed E-state index contributed by atoms with van der Waals surface area (Å²) >= 11 is 2.59. The van der Waals surface area contributed by atoms with E-state index < -0.39 is 8.07 Å². The van der Waals surface area contributed by atoms with Crippen LogP contribution in [0.3, 0.4) is 0 Å². The van der Waals surface area contributed by atoms with Crippen molar-refractivity contribution < 1.29 is 4.39 Å². The van der Waals surface area contributed by atoms with E-state index in [-0.39, 0.29) is 5.82 Å². The zero-order valence-electron chi connectivity index (χ0n) is 9.68. The van der Waals surface area contributed by atoms with E-state index in [0.29, 0.717) is 0 Å². The average molecular weight is 348 g/mol. The Labute approximate surface area is 112 Å². The molecule has 1 fully saturated rings. The maximum atomic E-state index is 13.0. The smallest absolute Gasteiger partial charge is 0.123 e. The van der Waals surface area contributed by atoms with E-state index in [9.17, 15) is 4.39 Å². The normalized spacial score (nSPS) is 21.7. The van der Waals surface area contributed by atoms with E-state index in [0.717, 1.165) is 3.55 Å². The van der Waals surface area contributed by atoms with Crippen LogP contribution >= 0.6 is 22.6 Å². The molecule has 3 heteroatoms. The molecule has 1 aromatic rings. The highest BCUT2D eigenvalue weighted by molar-refractivity contribution is 14.1. The van der Waals surface area contributed by atoms with Crippen LogP contribution in [0, 0.1) is 5.82 Å². The predicted octanol–water partition coefficient (Wildman–Crippen LogP) is 4.03. The molecule has 1 aliphatic rings. The second-order valence-corrected chi connectivity index (χ2v) is 12.6. The maximum Gasteiger partial charge on any atom is 0.123 e. The predicted molar refractivity (Wildman–Crippen MR) is 78.7 cm³/mol. The summed E-state index contributed by atoms with van der Waals surface area (Å²) in [6.07, 6.45) is 4.13. The lowest BCUT2D eigenvalue weighted by Crippen LogP contribution is -2.55. The van der Waals surface area contributed by atoms with Gasteiger partial charge in [0.15, 0.2) is 0 Å². The van der Waals surface area contributed by atoms with E-state index in [2.05, 4.69) is 29.5 Å². The van der Waals surface area contributed by atoms with Gasteiger partial charge >= 0.3 is 0 Å². The van der Waals surface area contributed by atoms with Crippen molar-refractivity contribution in [2.75, 3.05) is 0 Å². The fraction of sp³-hybridized carbons (Fsp3) is 0.538. The Morgan fingerprint density at radius 3 is 2.19 bits per heavy atom. The molecule has 0 N–H and O–H groups in total. The molecular formula is C13H18FISi. The van der Waals surface area contributed by atoms with Crippen LogP contribution in [0.2, 0.25) is 12.1 Å². The van der Waals surface area contributed by atoms with Gasteiger partial charge in [0.25, 0.3) is 0 Å². The first-order valence-corrected chi connectivity index (χ1v) is 9.79. The van der Waals surface area contributed by atoms with Crippen LogP contribution < -0.4 is 5.19 Å². The monoisotopic (exact) mass is 348 g/mol. The first-order valence-electron chi connectivity index (χ1n) is 6.05. The molecule has 1 unspecified atom stereocenters. The van der Waals surface area contributed by atoms with Crippen molar-refractivity contribution in [1.82, 2.24) is 0 Å². The third-order valence-corrected chi connectivity index (χ3v) is 13.0. The molecule has 1 heterocycles. The average Bonchev–Trinajstić information content (AvgIpc) is 2.30. The second kappa shape index (κ2) is 5.17. The topological polar surface area (TPSA) is 0 Å². The highest BCUT2D eigenvalue weighted by Gasteiger charge is 2.40. The summed E-state index contributed by atoms with van der Waals surface area (Å²) in [5.74, 6) is -0.107. The van der Waals surface area contributed by atoms with E-state index >= 15 is 0 Å². The van der Waals surface area contributed by atoms with E-state index in [4.69, 9.17) is 0 Å². The molecule has 0 nitrogen and oxygen atoms in total. The fourth-order valence-corrected chi connectivity index (χ4v) is 10.5. The third-order valence-electron chi connectivity index (χ3n) is 3.93. The summed E-state index contributed by atoms with van der Waals surface area (Å²) in [6.45, 7) is 2.35. The molecule has 88 valence electrons. The van der Waals surface area contributed by atoms with Crippen molar-refractivity contribution in [2.45, 2.75) is 41.8 Å². The van der Waals surface area contributed by atoms with Gasteiger partial charge in [-0.25, -0.2) is 4.39 Å². The van der Waals surface area contributed by atoms with Gasteiger partial charge in [0.1, 0.15) is 5.82 Å². The Hall–Kier alpha value is 0.0969. The van der Waals surface area contributed by atoms with Gasteiger partial charge in [-0.05, 0) is 12.1 Å². The van der Waals surface area contributed by atoms with Gasteiger partial charge in [-0.3, -0.25) is 0 Å². The Kier molecular flexibility index (Phi) is 4.05. The molecule has 1 atom stereocenters. The van der Waals surface area contributed by atoms with E-state index in [1.165, 1.54) is 36.5 Å². The zero-order chi connectivity index (χ0) is 11.6. The zero-order valence-corrected chi connectivity index (χ0v) is 12.8. The minimum absolute atomic E-state index is 0.107. The molecule has 2 rings (SSSR count). The van der Waals surface area contributed by atoms with Crippen molar-refractivity contribution in [3.63, 3.8) is 0 Å². The van der Waals surface area contributed by atoms with E-state index in [1.54, 1.807) is 12.1 Å². The molecular weight excluding hydrogens is 330 g/mol. The summed E-state index contributed by atoms with van der Waals surface area (Å²) in [7, 11) is -1.34. The summed E-state index contributed by atoms with van der Waals surface area (Å²) < 4.78 is 13.7. The van der Waals surface area contributed by atoms with Crippen molar-refractivity contribution in [3.8, 4) is 0 Å². The Bertz CT molecular complexity index is 341. The van der Waals surface area contributed by atoms with Crippen molar-refractivity contribution >= 4 is 35.9 Å². The van der Waals surface area contributed by atoms with Crippen LogP contribution in [0.4, 0.5) is 4.39 Å². The molecule has 16 heavy (non-hydrogen) atoms. The summed E-state index contributed by atoms with van der Waals surface area (Å²) in [6, 6.07) is 10.1. The number of alkyl halides is 1. The third kappa shape index (κ3) is 2.35. The van der Waals surface area contributed by atoms with Crippen LogP contribution in [-0.2, 0) is 0 Å². The quantitative estimate of drug-likeness (QED) is 0.430. The second-order valence-electron chi connectivity index (χ2n) is 4.84. The molecule has 1 saturated heterocycles. The summed E-state index contributed by atoms with van der Waals surface area (Å²) in [5.41, 5.74) is 0. The van der Waals surface area contributed by atoms with Crippen molar-refractivity contribution in [3.05, 3.63) is 30.1 Å². The van der Waals surface area contributed by atoms with Crippen LogP contribution in [0.5, 0.6) is 0 Å². The molecule has 0 amide bonds. The first kappa shape index (κ1) is 12.6. The highest BCUT2D eigenvalue weighted by Crippen LogP contribution is 2.34. The minimum Gasteiger partial charge on any atom is -0.207 e. The van der Waals surface area contributed by atoms with Gasteiger partial charge < -0.3 is 0 Å². The summed E-state index contributed by atoms with van der Waals surface area (Å²) in [4.78, 5) is 0. The minimum atomic E-state index is -1.34. The molecule has 0 radical (unpaired) electrons. The Balaban J connectivity index is 2.34. The van der Waals surface area contributed by atoms with Crippen molar-refractivity contribution in [2.24, 2.45) is 0 Å². The molecule has 1 aromatic carbocycles. The molecule has 1 aliphatic heterocycles. The number of halogens is 2. The standard InChI is InChI=1S/C13H18FISi/c1-11(15)16(9-3-2-4-10-16)13-7-5-12(14)6-8-13/h5-8,11H,2-4,9-10H2,1H3. The van der Waals surface area contributed by atoms with Gasteiger partial charge in [-0.15, -0.1) is 0 Å². The van der Waals surface area contributed by atoms with Crippen LogP contribution in [0.1, 0.15) is 26.2 Å². The molecule has 0 spiro atoms. The number of hydrogen-bond donors (Lipinski definition) is 0. The van der Waals surface area contributed by atoms with Gasteiger partial charge in [0, 0.05) is 3.55 Å². The largest absolute Gasteiger partial charge is 0.207 e. The van der Waals surface area contributed by atoms with Gasteiger partial charge in [0.05, 0.1) is 8.07 Å². The maximum absolute atomic E-state index is 13.0. The first-order chi connectivity index (χ1) is 7.65. The highest BCUT2D eigenvalue weighted by atomic mass is 127. The van der Waals surface area contributed by atoms with Gasteiger partial charge in [-0.2, -0.15) is 0 Å². The van der Waals surface area contributed by atoms with Crippen LogP contribution in [-0.4, -0.2) is 11.6 Å². The van der Waals surface area contributed by atoms with Crippen LogP contribution in [0.25, 0.3) is 0 Å². The molecule has 0 aliphatic carbocycles. The van der Waals surface area contributed by atoms with Gasteiger partial charge in [0.2, 0.25) is 0 Å². The number of rotatable bonds is 2. The Morgan fingerprint density at radius 2 is 1.69 bits per heavy atom. The lowest BCUT2D eigenvalue weighted by atomic mass is 10.3. The van der Waals surface area contributed by atoms with Gasteiger partial charge in [-0.1, -0.05) is 78.2 Å². The van der Waals surface area contributed by atoms with Crippen molar-refractivity contribution in [1.29, 1.82) is 0 Å². The fourth-order valence-electron chi connectivity index (χ4n) is 2.88. The van der Waals surface area contributed by atoms with E-state index in [1.807, 2.05) is 12.1 Å². The lowest BCUT2D eigenvalue weighted by Gasteiger charge is -2.38. The summed E-state index contributed by atoms with van der Waals surface area (Å²) in [5, 5.41) is 1.47.